The van der Waals surface area contributed by atoms with Gasteiger partial charge in [0.15, 0.2) is 0 Å². The van der Waals surface area contributed by atoms with Crippen LogP contribution in [0.15, 0.2) is 29.8 Å². The molecular weight excluding hydrogens is 480 g/mol. The molecular formula is C26H38N4O5S. The molecule has 3 N–H and O–H groups in total. The molecule has 9 nitrogen and oxygen atoms in total. The van der Waals surface area contributed by atoms with Crippen LogP contribution in [0.2, 0.25) is 0 Å². The van der Waals surface area contributed by atoms with Gasteiger partial charge in [0, 0.05) is 6.54 Å². The number of carbonyl (C=O) groups is 2. The number of aliphatic hydroxyl groups is 1. The maximum atomic E-state index is 13.5. The van der Waals surface area contributed by atoms with Gasteiger partial charge >= 0.3 is 6.09 Å². The Bertz CT molecular complexity index is 1040. The molecule has 2 heterocycles. The van der Waals surface area contributed by atoms with Gasteiger partial charge in [-0.15, -0.1) is 11.3 Å². The molecule has 36 heavy (non-hydrogen) atoms. The average Bonchev–Trinajstić information content (AvgIpc) is 3.35. The summed E-state index contributed by atoms with van der Waals surface area (Å²) < 4.78 is 5.37. The fourth-order valence-corrected chi connectivity index (χ4v) is 4.88. The first-order chi connectivity index (χ1) is 16.7. The van der Waals surface area contributed by atoms with Crippen molar-refractivity contribution in [2.75, 3.05) is 13.1 Å². The topological polar surface area (TPSA) is 113 Å². The Morgan fingerprint density at radius 3 is 2.42 bits per heavy atom. The summed E-state index contributed by atoms with van der Waals surface area (Å²) in [7, 11) is 0. The van der Waals surface area contributed by atoms with Crippen LogP contribution in [0.4, 0.5) is 4.79 Å². The second-order valence-corrected chi connectivity index (χ2v) is 12.1. The number of likely N-dealkylation sites (tertiary alicyclic amines) is 1. The number of hydrogen-bond acceptors (Lipinski definition) is 8. The number of nitrogens with one attached hydrogen (secondary N) is 2. The van der Waals surface area contributed by atoms with E-state index in [1.165, 1.54) is 0 Å². The van der Waals surface area contributed by atoms with E-state index in [1.54, 1.807) is 37.0 Å². The zero-order valence-corrected chi connectivity index (χ0v) is 22.9. The van der Waals surface area contributed by atoms with Gasteiger partial charge in [0.25, 0.3) is 0 Å². The van der Waals surface area contributed by atoms with Crippen LogP contribution < -0.4 is 15.6 Å². The highest BCUT2D eigenvalue weighted by molar-refractivity contribution is 7.13. The number of benzene rings is 1. The third kappa shape index (κ3) is 7.41. The van der Waals surface area contributed by atoms with E-state index in [9.17, 15) is 14.7 Å². The number of aliphatic hydroxyl groups excluding tert-OH is 1. The molecule has 0 saturated carbocycles. The lowest BCUT2D eigenvalue weighted by atomic mass is 9.85. The van der Waals surface area contributed by atoms with E-state index in [0.29, 0.717) is 18.7 Å². The van der Waals surface area contributed by atoms with Crippen LogP contribution in [0, 0.1) is 12.3 Å². The average molecular weight is 519 g/mol. The molecule has 0 bridgehead atoms. The molecule has 1 aliphatic rings. The van der Waals surface area contributed by atoms with Crippen molar-refractivity contribution in [3.8, 4) is 16.2 Å². The summed E-state index contributed by atoms with van der Waals surface area (Å²) >= 11 is 1.59. The lowest BCUT2D eigenvalue weighted by Gasteiger charge is -2.36. The maximum Gasteiger partial charge on any atom is 0.408 e. The second-order valence-electron chi connectivity index (χ2n) is 11.2. The van der Waals surface area contributed by atoms with Crippen molar-refractivity contribution in [3.63, 3.8) is 0 Å². The lowest BCUT2D eigenvalue weighted by Crippen LogP contribution is -2.57. The number of alkyl carbamates (subject to hydrolysis) is 1. The van der Waals surface area contributed by atoms with Gasteiger partial charge in [0.1, 0.15) is 17.4 Å². The smallest absolute Gasteiger partial charge is 0.408 e. The molecule has 3 atom stereocenters. The van der Waals surface area contributed by atoms with E-state index >= 15 is 0 Å². The number of thiazole rings is 1. The molecule has 0 spiro atoms. The van der Waals surface area contributed by atoms with Crippen molar-refractivity contribution in [3.05, 3.63) is 35.5 Å². The summed E-state index contributed by atoms with van der Waals surface area (Å²) in [5.41, 5.74) is 5.59. The summed E-state index contributed by atoms with van der Waals surface area (Å²) in [5, 5.41) is 13.1. The molecule has 2 amide bonds. The Kier molecular flexibility index (Phi) is 8.63. The summed E-state index contributed by atoms with van der Waals surface area (Å²) in [6.07, 6.45) is -0.884. The normalized spacial score (nSPS) is 19.2. The van der Waals surface area contributed by atoms with Gasteiger partial charge in [-0.25, -0.2) is 9.78 Å². The SMILES string of the molecule is Cc1ncsc1-c1ccc(ONC[C@@H]2C[C@@H](O)CN2C(=O)[C@@H](NC(=O)OC(C)(C)C)C(C)(C)C)cc1. The summed E-state index contributed by atoms with van der Waals surface area (Å²) in [4.78, 5) is 38.7. The predicted molar refractivity (Wildman–Crippen MR) is 140 cm³/mol. The summed E-state index contributed by atoms with van der Waals surface area (Å²) in [6.45, 7) is 13.5. The minimum absolute atomic E-state index is 0.191. The molecule has 1 aromatic carbocycles. The molecule has 0 radical (unpaired) electrons. The first-order valence-corrected chi connectivity index (χ1v) is 13.0. The molecule has 10 heteroatoms. The van der Waals surface area contributed by atoms with Crippen LogP contribution in [0.3, 0.4) is 0 Å². The van der Waals surface area contributed by atoms with Crippen LogP contribution in [-0.4, -0.2) is 63.9 Å². The predicted octanol–water partition coefficient (Wildman–Crippen LogP) is 3.90. The zero-order valence-electron chi connectivity index (χ0n) is 22.1. The van der Waals surface area contributed by atoms with E-state index in [4.69, 9.17) is 9.57 Å². The van der Waals surface area contributed by atoms with Gasteiger partial charge in [-0.05, 0) is 69.4 Å². The fourth-order valence-electron chi connectivity index (χ4n) is 4.07. The number of aryl methyl sites for hydroxylation is 1. The third-order valence-electron chi connectivity index (χ3n) is 5.82. The quantitative estimate of drug-likeness (QED) is 0.477. The molecule has 1 aliphatic heterocycles. The highest BCUT2D eigenvalue weighted by Crippen LogP contribution is 2.29. The molecule has 0 aliphatic carbocycles. The van der Waals surface area contributed by atoms with Crippen LogP contribution in [0.1, 0.15) is 53.7 Å². The van der Waals surface area contributed by atoms with E-state index in [-0.39, 0.29) is 18.5 Å². The number of rotatable bonds is 7. The van der Waals surface area contributed by atoms with Gasteiger partial charge in [-0.1, -0.05) is 20.8 Å². The van der Waals surface area contributed by atoms with Crippen molar-refractivity contribution in [2.45, 2.75) is 78.7 Å². The molecule has 1 fully saturated rings. The monoisotopic (exact) mass is 518 g/mol. The lowest BCUT2D eigenvalue weighted by molar-refractivity contribution is -0.137. The van der Waals surface area contributed by atoms with Crippen LogP contribution in [-0.2, 0) is 9.53 Å². The van der Waals surface area contributed by atoms with Gasteiger partial charge in [0.2, 0.25) is 5.91 Å². The van der Waals surface area contributed by atoms with Crippen molar-refractivity contribution < 1.29 is 24.3 Å². The Balaban J connectivity index is 1.61. The van der Waals surface area contributed by atoms with Gasteiger partial charge in [-0.3, -0.25) is 4.79 Å². The molecule has 2 aromatic rings. The summed E-state index contributed by atoms with van der Waals surface area (Å²) in [6, 6.07) is 6.58. The molecule has 3 rings (SSSR count). The highest BCUT2D eigenvalue weighted by atomic mass is 32.1. The van der Waals surface area contributed by atoms with E-state index in [1.807, 2.05) is 57.5 Å². The fraction of sp³-hybridized carbons (Fsp3) is 0.577. The van der Waals surface area contributed by atoms with Gasteiger partial charge in [0.05, 0.1) is 34.8 Å². The number of amides is 2. The second kappa shape index (κ2) is 11.1. The van der Waals surface area contributed by atoms with E-state index in [2.05, 4.69) is 15.8 Å². The Morgan fingerprint density at radius 1 is 1.19 bits per heavy atom. The Labute approximate surface area is 217 Å². The number of aromatic nitrogens is 1. The largest absolute Gasteiger partial charge is 0.444 e. The van der Waals surface area contributed by atoms with Crippen molar-refractivity contribution in [2.24, 2.45) is 5.41 Å². The number of carbonyl (C=O) groups excluding carboxylic acids is 2. The first kappa shape index (κ1) is 27.9. The van der Waals surface area contributed by atoms with Crippen LogP contribution in [0.5, 0.6) is 5.75 Å². The van der Waals surface area contributed by atoms with Crippen molar-refractivity contribution >= 4 is 23.3 Å². The minimum Gasteiger partial charge on any atom is -0.444 e. The number of hydrogen-bond donors (Lipinski definition) is 3. The third-order valence-corrected chi connectivity index (χ3v) is 6.80. The van der Waals surface area contributed by atoms with Crippen LogP contribution >= 0.6 is 11.3 Å². The van der Waals surface area contributed by atoms with Crippen molar-refractivity contribution in [1.29, 1.82) is 0 Å². The van der Waals surface area contributed by atoms with E-state index in [0.717, 1.165) is 16.1 Å². The number of hydroxylamine groups is 1. The summed E-state index contributed by atoms with van der Waals surface area (Å²) in [5.74, 6) is 0.373. The number of ether oxygens (including phenoxy) is 1. The maximum absolute atomic E-state index is 13.5. The number of nitrogens with zero attached hydrogens (tertiary/aromatic N) is 2. The Hall–Kier alpha value is -2.69. The standard InChI is InChI=1S/C26H38N4O5S/c1-16-21(36-15-27-16)17-8-10-20(11-9-17)35-28-13-18-12-19(31)14-30(18)23(32)22(25(2,3)4)29-24(33)34-26(5,6)7/h8-11,15,18-19,22,28,31H,12-14H2,1-7H3,(H,29,33)/t18-,19+,22+/m0/s1. The van der Waals surface area contributed by atoms with E-state index < -0.39 is 29.3 Å². The molecule has 198 valence electrons. The Morgan fingerprint density at radius 2 is 1.86 bits per heavy atom. The first-order valence-electron chi connectivity index (χ1n) is 12.1. The number of β-amino-alcohol motifs (C(OH)–C–C–N with tert-alkyl or cyclic N) is 1. The molecule has 1 aromatic heterocycles. The highest BCUT2D eigenvalue weighted by Gasteiger charge is 2.42. The van der Waals surface area contributed by atoms with Gasteiger partial charge in [-0.2, -0.15) is 5.48 Å². The molecule has 0 unspecified atom stereocenters. The van der Waals surface area contributed by atoms with Gasteiger partial charge < -0.3 is 24.9 Å². The zero-order chi connectivity index (χ0) is 26.7. The van der Waals surface area contributed by atoms with Crippen LogP contribution in [0.25, 0.3) is 10.4 Å². The molecule has 1 saturated heterocycles. The van der Waals surface area contributed by atoms with Crippen molar-refractivity contribution in [1.82, 2.24) is 20.7 Å². The minimum atomic E-state index is -0.816.